The van der Waals surface area contributed by atoms with Crippen LogP contribution in [-0.2, 0) is 4.74 Å². The van der Waals surface area contributed by atoms with Crippen LogP contribution < -0.4 is 5.32 Å². The first-order valence-electron chi connectivity index (χ1n) is 10.2. The molecule has 3 rings (SSSR count). The lowest BCUT2D eigenvalue weighted by molar-refractivity contribution is 0.0625. The second kappa shape index (κ2) is 10.6. The summed E-state index contributed by atoms with van der Waals surface area (Å²) in [6.45, 7) is 7.42. The number of nitrogens with zero attached hydrogens (tertiary/aromatic N) is 2. The molecule has 1 heterocycles. The van der Waals surface area contributed by atoms with Gasteiger partial charge in [-0.1, -0.05) is 38.1 Å². The number of rotatable bonds is 6. The molecule has 0 bridgehead atoms. The molecule has 2 atom stereocenters. The second-order valence-electron chi connectivity index (χ2n) is 8.23. The minimum absolute atomic E-state index is 0. The molecule has 1 aromatic rings. The van der Waals surface area contributed by atoms with Crippen molar-refractivity contribution < 1.29 is 4.74 Å². The SMILES string of the molecule is CN=C(NC1CC1c1ccc(C(C)C)cc1)N(C)CCC1CCOCC1.I. The van der Waals surface area contributed by atoms with Crippen LogP contribution in [0.4, 0.5) is 0 Å². The zero-order chi connectivity index (χ0) is 18.5. The molecule has 152 valence electrons. The maximum Gasteiger partial charge on any atom is 0.193 e. The van der Waals surface area contributed by atoms with E-state index >= 15 is 0 Å². The highest BCUT2D eigenvalue weighted by molar-refractivity contribution is 14.0. The van der Waals surface area contributed by atoms with Crippen LogP contribution in [-0.4, -0.2) is 50.8 Å². The van der Waals surface area contributed by atoms with Gasteiger partial charge in [0.2, 0.25) is 0 Å². The molecule has 0 radical (unpaired) electrons. The van der Waals surface area contributed by atoms with E-state index in [2.05, 4.69) is 60.4 Å². The molecule has 0 aromatic heterocycles. The predicted molar refractivity (Wildman–Crippen MR) is 124 cm³/mol. The maximum absolute atomic E-state index is 5.46. The topological polar surface area (TPSA) is 36.9 Å². The summed E-state index contributed by atoms with van der Waals surface area (Å²) >= 11 is 0. The van der Waals surface area contributed by atoms with Crippen molar-refractivity contribution in [1.29, 1.82) is 0 Å². The zero-order valence-corrected chi connectivity index (χ0v) is 19.6. The van der Waals surface area contributed by atoms with Crippen molar-refractivity contribution in [2.45, 2.75) is 57.4 Å². The molecule has 1 aromatic carbocycles. The van der Waals surface area contributed by atoms with Crippen LogP contribution in [0.1, 0.15) is 62.5 Å². The van der Waals surface area contributed by atoms with E-state index in [4.69, 9.17) is 4.74 Å². The molecule has 2 aliphatic rings. The van der Waals surface area contributed by atoms with E-state index in [-0.39, 0.29) is 24.0 Å². The zero-order valence-electron chi connectivity index (χ0n) is 17.3. The fourth-order valence-corrected chi connectivity index (χ4v) is 3.88. The second-order valence-corrected chi connectivity index (χ2v) is 8.23. The minimum atomic E-state index is 0. The molecule has 2 fully saturated rings. The molecule has 1 N–H and O–H groups in total. The summed E-state index contributed by atoms with van der Waals surface area (Å²) in [5, 5.41) is 3.67. The fraction of sp³-hybridized carbons (Fsp3) is 0.682. The third kappa shape index (κ3) is 6.34. The first kappa shape index (κ1) is 22.5. The largest absolute Gasteiger partial charge is 0.381 e. The van der Waals surface area contributed by atoms with E-state index in [9.17, 15) is 0 Å². The van der Waals surface area contributed by atoms with Gasteiger partial charge in [0.25, 0.3) is 0 Å². The van der Waals surface area contributed by atoms with Crippen molar-refractivity contribution in [3.05, 3.63) is 35.4 Å². The molecule has 1 saturated carbocycles. The van der Waals surface area contributed by atoms with Gasteiger partial charge in [-0.2, -0.15) is 0 Å². The highest BCUT2D eigenvalue weighted by Gasteiger charge is 2.39. The van der Waals surface area contributed by atoms with Gasteiger partial charge in [-0.25, -0.2) is 0 Å². The predicted octanol–water partition coefficient (Wildman–Crippen LogP) is 4.61. The minimum Gasteiger partial charge on any atom is -0.381 e. The van der Waals surface area contributed by atoms with Gasteiger partial charge in [0.05, 0.1) is 0 Å². The smallest absolute Gasteiger partial charge is 0.193 e. The Labute approximate surface area is 182 Å². The first-order chi connectivity index (χ1) is 12.6. The Balaban J connectivity index is 0.00000261. The number of hydrogen-bond acceptors (Lipinski definition) is 2. The lowest BCUT2D eigenvalue weighted by atomic mass is 9.96. The number of benzene rings is 1. The van der Waals surface area contributed by atoms with E-state index < -0.39 is 0 Å². The van der Waals surface area contributed by atoms with Crippen LogP contribution >= 0.6 is 24.0 Å². The summed E-state index contributed by atoms with van der Waals surface area (Å²) in [4.78, 5) is 6.79. The lowest BCUT2D eigenvalue weighted by Crippen LogP contribution is -2.41. The molecular formula is C22H36IN3O. The normalized spacial score (nSPS) is 23.1. The summed E-state index contributed by atoms with van der Waals surface area (Å²) < 4.78 is 5.46. The molecule has 1 aliphatic carbocycles. The Morgan fingerprint density at radius 3 is 2.48 bits per heavy atom. The monoisotopic (exact) mass is 485 g/mol. The Bertz CT molecular complexity index is 596. The van der Waals surface area contributed by atoms with Crippen LogP contribution in [0.15, 0.2) is 29.3 Å². The quantitative estimate of drug-likeness (QED) is 0.363. The number of aliphatic imine (C=N–C) groups is 1. The van der Waals surface area contributed by atoms with Gasteiger partial charge < -0.3 is 15.0 Å². The van der Waals surface area contributed by atoms with E-state index in [0.29, 0.717) is 17.9 Å². The number of halogens is 1. The summed E-state index contributed by atoms with van der Waals surface area (Å²) in [6.07, 6.45) is 4.84. The van der Waals surface area contributed by atoms with E-state index in [1.807, 2.05) is 7.05 Å². The highest BCUT2D eigenvalue weighted by Crippen LogP contribution is 2.41. The number of ether oxygens (including phenoxy) is 1. The van der Waals surface area contributed by atoms with Crippen LogP contribution in [0.25, 0.3) is 0 Å². The third-order valence-electron chi connectivity index (χ3n) is 5.92. The maximum atomic E-state index is 5.46. The lowest BCUT2D eigenvalue weighted by Gasteiger charge is -2.27. The van der Waals surface area contributed by atoms with Crippen molar-refractivity contribution in [2.75, 3.05) is 33.9 Å². The molecule has 5 heteroatoms. The van der Waals surface area contributed by atoms with Crippen molar-refractivity contribution >= 4 is 29.9 Å². The molecular weight excluding hydrogens is 449 g/mol. The van der Waals surface area contributed by atoms with Crippen LogP contribution in [0, 0.1) is 5.92 Å². The van der Waals surface area contributed by atoms with Gasteiger partial charge in [0.15, 0.2) is 5.96 Å². The van der Waals surface area contributed by atoms with E-state index in [1.54, 1.807) is 0 Å². The van der Waals surface area contributed by atoms with Gasteiger partial charge in [0.1, 0.15) is 0 Å². The Morgan fingerprint density at radius 2 is 1.89 bits per heavy atom. The molecule has 2 unspecified atom stereocenters. The molecule has 1 aliphatic heterocycles. The van der Waals surface area contributed by atoms with Gasteiger partial charge in [-0.05, 0) is 48.6 Å². The molecule has 0 spiro atoms. The van der Waals surface area contributed by atoms with Crippen LogP contribution in [0.3, 0.4) is 0 Å². The molecule has 0 amide bonds. The van der Waals surface area contributed by atoms with Gasteiger partial charge in [-0.3, -0.25) is 4.99 Å². The average Bonchev–Trinajstić information content (AvgIpc) is 3.44. The number of guanidine groups is 1. The van der Waals surface area contributed by atoms with Gasteiger partial charge >= 0.3 is 0 Å². The van der Waals surface area contributed by atoms with Crippen molar-refractivity contribution in [2.24, 2.45) is 10.9 Å². The van der Waals surface area contributed by atoms with Gasteiger partial charge in [-0.15, -0.1) is 24.0 Å². The highest BCUT2D eigenvalue weighted by atomic mass is 127. The summed E-state index contributed by atoms with van der Waals surface area (Å²) in [7, 11) is 4.05. The van der Waals surface area contributed by atoms with Crippen molar-refractivity contribution in [3.63, 3.8) is 0 Å². The fourth-order valence-electron chi connectivity index (χ4n) is 3.88. The standard InChI is InChI=1S/C22H35N3O.HI/c1-16(2)18-5-7-19(8-6-18)20-15-21(20)24-22(23-3)25(4)12-9-17-10-13-26-14-11-17;/h5-8,16-17,20-21H,9-15H2,1-4H3,(H,23,24);1H. The Morgan fingerprint density at radius 1 is 1.22 bits per heavy atom. The first-order valence-corrected chi connectivity index (χ1v) is 10.2. The van der Waals surface area contributed by atoms with E-state index in [0.717, 1.165) is 31.6 Å². The van der Waals surface area contributed by atoms with Gasteiger partial charge in [0, 0.05) is 45.8 Å². The number of nitrogens with one attached hydrogen (secondary N) is 1. The van der Waals surface area contributed by atoms with Crippen LogP contribution in [0.2, 0.25) is 0 Å². The summed E-state index contributed by atoms with van der Waals surface area (Å²) in [5.41, 5.74) is 2.87. The third-order valence-corrected chi connectivity index (χ3v) is 5.92. The summed E-state index contributed by atoms with van der Waals surface area (Å²) in [5.74, 6) is 3.05. The molecule has 4 nitrogen and oxygen atoms in total. The van der Waals surface area contributed by atoms with Crippen LogP contribution in [0.5, 0.6) is 0 Å². The number of hydrogen-bond donors (Lipinski definition) is 1. The Hall–Kier alpha value is -0.820. The van der Waals surface area contributed by atoms with E-state index in [1.165, 1.54) is 36.8 Å². The average molecular weight is 485 g/mol. The van der Waals surface area contributed by atoms with Crippen molar-refractivity contribution in [3.8, 4) is 0 Å². The Kier molecular flexibility index (Phi) is 8.86. The molecule has 1 saturated heterocycles. The summed E-state index contributed by atoms with van der Waals surface area (Å²) in [6, 6.07) is 9.69. The molecule has 27 heavy (non-hydrogen) atoms. The van der Waals surface area contributed by atoms with Crippen molar-refractivity contribution in [1.82, 2.24) is 10.2 Å².